The minimum atomic E-state index is -3.13. The molecule has 0 aromatic heterocycles. The highest BCUT2D eigenvalue weighted by Crippen LogP contribution is 2.39. The molecule has 0 spiro atoms. The monoisotopic (exact) mass is 277 g/mol. The van der Waals surface area contributed by atoms with Crippen molar-refractivity contribution in [2.45, 2.75) is 18.8 Å². The van der Waals surface area contributed by atoms with E-state index < -0.39 is 21.2 Å². The fraction of sp³-hybridized carbons (Fsp3) is 0.429. The molecule has 19 heavy (non-hydrogen) atoms. The third-order valence-corrected chi connectivity index (χ3v) is 5.57. The van der Waals surface area contributed by atoms with Crippen molar-refractivity contribution in [2.24, 2.45) is 5.92 Å². The molecular weight excluding hydrogens is 262 g/mol. The highest BCUT2D eigenvalue weighted by molar-refractivity contribution is 7.91. The van der Waals surface area contributed by atoms with Crippen LogP contribution in [-0.2, 0) is 20.0 Å². The van der Waals surface area contributed by atoms with E-state index in [0.29, 0.717) is 12.0 Å². The van der Waals surface area contributed by atoms with E-state index >= 15 is 0 Å². The standard InChI is InChI=1S/C14H15NO3S/c1-11(16)14(10-15,12-5-3-2-4-6-12)13-7-8-19(17,18)9-13/h2-6,13H,7-9H2,1H3. The molecule has 1 saturated heterocycles. The van der Waals surface area contributed by atoms with E-state index in [4.69, 9.17) is 0 Å². The smallest absolute Gasteiger partial charge is 0.154 e. The van der Waals surface area contributed by atoms with Crippen molar-refractivity contribution in [1.29, 1.82) is 5.26 Å². The average molecular weight is 277 g/mol. The minimum absolute atomic E-state index is 0.0568. The topological polar surface area (TPSA) is 75.0 Å². The molecular formula is C14H15NO3S. The highest BCUT2D eigenvalue weighted by Gasteiger charge is 2.49. The Bertz CT molecular complexity index is 630. The molecule has 0 radical (unpaired) electrons. The molecule has 2 unspecified atom stereocenters. The van der Waals surface area contributed by atoms with Gasteiger partial charge in [0.2, 0.25) is 0 Å². The maximum absolute atomic E-state index is 12.1. The third kappa shape index (κ3) is 2.28. The summed E-state index contributed by atoms with van der Waals surface area (Å²) in [6.45, 7) is 1.36. The second kappa shape index (κ2) is 4.78. The van der Waals surface area contributed by atoms with Gasteiger partial charge in [-0.3, -0.25) is 4.79 Å². The van der Waals surface area contributed by atoms with E-state index in [1.165, 1.54) is 6.92 Å². The van der Waals surface area contributed by atoms with Crippen molar-refractivity contribution in [3.63, 3.8) is 0 Å². The summed E-state index contributed by atoms with van der Waals surface area (Å²) in [5.41, 5.74) is -0.753. The Morgan fingerprint density at radius 1 is 1.37 bits per heavy atom. The summed E-state index contributed by atoms with van der Waals surface area (Å²) in [6, 6.07) is 10.9. The molecule has 1 aliphatic rings. The van der Waals surface area contributed by atoms with Crippen LogP contribution < -0.4 is 0 Å². The van der Waals surface area contributed by atoms with Crippen molar-refractivity contribution in [3.8, 4) is 6.07 Å². The molecule has 1 aromatic rings. The number of Topliss-reactive ketones (excluding diaryl/α,β-unsaturated/α-hetero) is 1. The Hall–Kier alpha value is -1.67. The second-order valence-corrected chi connectivity index (χ2v) is 7.17. The maximum atomic E-state index is 12.1. The van der Waals surface area contributed by atoms with Gasteiger partial charge in [-0.2, -0.15) is 5.26 Å². The van der Waals surface area contributed by atoms with Gasteiger partial charge in [-0.1, -0.05) is 30.3 Å². The molecule has 1 heterocycles. The molecule has 1 aromatic carbocycles. The van der Waals surface area contributed by atoms with Gasteiger partial charge in [0.25, 0.3) is 0 Å². The number of rotatable bonds is 3. The number of carbonyl (C=O) groups excluding carboxylic acids is 1. The van der Waals surface area contributed by atoms with Gasteiger partial charge in [0.1, 0.15) is 5.41 Å². The van der Waals surface area contributed by atoms with Crippen LogP contribution in [0.3, 0.4) is 0 Å². The van der Waals surface area contributed by atoms with Crippen LogP contribution >= 0.6 is 0 Å². The van der Waals surface area contributed by atoms with Crippen molar-refractivity contribution < 1.29 is 13.2 Å². The van der Waals surface area contributed by atoms with Gasteiger partial charge >= 0.3 is 0 Å². The van der Waals surface area contributed by atoms with Crippen LogP contribution in [0, 0.1) is 17.2 Å². The largest absolute Gasteiger partial charge is 0.298 e. The molecule has 1 aliphatic heterocycles. The number of ketones is 1. The molecule has 4 nitrogen and oxygen atoms in total. The average Bonchev–Trinajstić information content (AvgIpc) is 2.73. The molecule has 0 bridgehead atoms. The van der Waals surface area contributed by atoms with Crippen molar-refractivity contribution in [1.82, 2.24) is 0 Å². The van der Waals surface area contributed by atoms with Gasteiger partial charge in [-0.15, -0.1) is 0 Å². The zero-order valence-corrected chi connectivity index (χ0v) is 11.5. The molecule has 100 valence electrons. The Balaban J connectivity index is 2.55. The molecule has 0 N–H and O–H groups in total. The predicted octanol–water partition coefficient (Wildman–Crippen LogP) is 1.47. The second-order valence-electron chi connectivity index (χ2n) is 4.94. The number of sulfone groups is 1. The van der Waals surface area contributed by atoms with Crippen molar-refractivity contribution in [3.05, 3.63) is 35.9 Å². The first-order chi connectivity index (χ1) is 8.92. The Morgan fingerprint density at radius 3 is 2.42 bits per heavy atom. The first kappa shape index (κ1) is 13.8. The summed E-state index contributed by atoms with van der Waals surface area (Å²) in [7, 11) is -3.13. The number of hydrogen-bond acceptors (Lipinski definition) is 4. The van der Waals surface area contributed by atoms with Crippen LogP contribution in [0.2, 0.25) is 0 Å². The van der Waals surface area contributed by atoms with Crippen LogP contribution in [-0.4, -0.2) is 25.7 Å². The number of nitrogens with zero attached hydrogens (tertiary/aromatic N) is 1. The number of nitriles is 1. The molecule has 5 heteroatoms. The summed E-state index contributed by atoms with van der Waals surface area (Å²) in [5.74, 6) is -0.776. The quantitative estimate of drug-likeness (QED) is 0.838. The van der Waals surface area contributed by atoms with E-state index in [2.05, 4.69) is 6.07 Å². The van der Waals surface area contributed by atoms with Gasteiger partial charge in [0.05, 0.1) is 17.6 Å². The molecule has 0 saturated carbocycles. The maximum Gasteiger partial charge on any atom is 0.154 e. The van der Waals surface area contributed by atoms with Gasteiger partial charge in [0, 0.05) is 5.92 Å². The van der Waals surface area contributed by atoms with E-state index in [1.54, 1.807) is 30.3 Å². The van der Waals surface area contributed by atoms with E-state index in [0.717, 1.165) is 0 Å². The molecule has 0 aliphatic carbocycles. The summed E-state index contributed by atoms with van der Waals surface area (Å²) < 4.78 is 23.3. The third-order valence-electron chi connectivity index (χ3n) is 3.81. The lowest BCUT2D eigenvalue weighted by Crippen LogP contribution is -2.41. The summed E-state index contributed by atoms with van der Waals surface area (Å²) in [6.07, 6.45) is 0.365. The lowest BCUT2D eigenvalue weighted by atomic mass is 9.68. The fourth-order valence-corrected chi connectivity index (χ4v) is 4.64. The SMILES string of the molecule is CC(=O)C(C#N)(c1ccccc1)C1CCS(=O)(=O)C1. The zero-order valence-electron chi connectivity index (χ0n) is 10.7. The summed E-state index contributed by atoms with van der Waals surface area (Å²) in [5, 5.41) is 9.57. The highest BCUT2D eigenvalue weighted by atomic mass is 32.2. The Kier molecular flexibility index (Phi) is 3.46. The molecule has 2 rings (SSSR count). The van der Waals surface area contributed by atoms with Crippen LogP contribution in [0.1, 0.15) is 18.9 Å². The molecule has 1 fully saturated rings. The normalized spacial score (nSPS) is 24.3. The number of benzene rings is 1. The molecule has 0 amide bonds. The molecule has 2 atom stereocenters. The Labute approximate surface area is 113 Å². The van der Waals surface area contributed by atoms with Crippen LogP contribution in [0.5, 0.6) is 0 Å². The summed E-state index contributed by atoms with van der Waals surface area (Å²) >= 11 is 0. The predicted molar refractivity (Wildman–Crippen MR) is 71.2 cm³/mol. The Morgan fingerprint density at radius 2 is 2.00 bits per heavy atom. The van der Waals surface area contributed by atoms with E-state index in [9.17, 15) is 18.5 Å². The van der Waals surface area contributed by atoms with Crippen LogP contribution in [0.15, 0.2) is 30.3 Å². The van der Waals surface area contributed by atoms with Gasteiger partial charge < -0.3 is 0 Å². The summed E-state index contributed by atoms with van der Waals surface area (Å²) in [4.78, 5) is 12.1. The lowest BCUT2D eigenvalue weighted by Gasteiger charge is -2.29. The lowest BCUT2D eigenvalue weighted by molar-refractivity contribution is -0.122. The van der Waals surface area contributed by atoms with Gasteiger partial charge in [-0.05, 0) is 18.9 Å². The van der Waals surface area contributed by atoms with E-state index in [-0.39, 0.29) is 17.3 Å². The number of carbonyl (C=O) groups is 1. The van der Waals surface area contributed by atoms with Crippen molar-refractivity contribution in [2.75, 3.05) is 11.5 Å². The fourth-order valence-electron chi connectivity index (χ4n) is 2.80. The van der Waals surface area contributed by atoms with Gasteiger partial charge in [-0.25, -0.2) is 8.42 Å². The van der Waals surface area contributed by atoms with E-state index in [1.807, 2.05) is 0 Å². The van der Waals surface area contributed by atoms with Gasteiger partial charge in [0.15, 0.2) is 15.6 Å². The van der Waals surface area contributed by atoms with Crippen LogP contribution in [0.4, 0.5) is 0 Å². The zero-order chi connectivity index (χ0) is 14.1. The number of hydrogen-bond donors (Lipinski definition) is 0. The minimum Gasteiger partial charge on any atom is -0.298 e. The van der Waals surface area contributed by atoms with Crippen LogP contribution in [0.25, 0.3) is 0 Å². The van der Waals surface area contributed by atoms with Crippen molar-refractivity contribution >= 4 is 15.6 Å². The first-order valence-corrected chi connectivity index (χ1v) is 7.93. The first-order valence-electron chi connectivity index (χ1n) is 6.10.